The molecule has 0 aromatic heterocycles. The van der Waals surface area contributed by atoms with Crippen LogP contribution in [0.5, 0.6) is 17.2 Å². The number of aromatic hydroxyl groups is 3. The fraction of sp³-hybridized carbons (Fsp3) is 0. The summed E-state index contributed by atoms with van der Waals surface area (Å²) in [5.74, 6) is -3.13. The summed E-state index contributed by atoms with van der Waals surface area (Å²) >= 11 is 0.235. The van der Waals surface area contributed by atoms with E-state index >= 15 is 0 Å². The molecular formula is C14H8O6SY. The third kappa shape index (κ3) is 2.25. The van der Waals surface area contributed by atoms with E-state index in [1.54, 1.807) is 0 Å². The first-order valence-corrected chi connectivity index (χ1v) is 6.56. The third-order valence-electron chi connectivity index (χ3n) is 3.34. The molecule has 3 rings (SSSR count). The summed E-state index contributed by atoms with van der Waals surface area (Å²) < 4.78 is 9.04. The van der Waals surface area contributed by atoms with E-state index in [4.69, 9.17) is 4.55 Å². The Morgan fingerprint density at radius 2 is 1.32 bits per heavy atom. The number of benzene rings is 2. The van der Waals surface area contributed by atoms with Gasteiger partial charge in [0.1, 0.15) is 5.75 Å². The van der Waals surface area contributed by atoms with Crippen molar-refractivity contribution >= 4 is 23.6 Å². The van der Waals surface area contributed by atoms with Crippen molar-refractivity contribution in [3.05, 3.63) is 46.5 Å². The van der Waals surface area contributed by atoms with Crippen LogP contribution in [0.4, 0.5) is 0 Å². The maximum absolute atomic E-state index is 12.4. The zero-order valence-electron chi connectivity index (χ0n) is 10.9. The Morgan fingerprint density at radius 3 is 1.91 bits per heavy atom. The molecule has 6 nitrogen and oxygen atoms in total. The van der Waals surface area contributed by atoms with Crippen molar-refractivity contribution in [3.63, 3.8) is 0 Å². The number of hydrogen-bond donors (Lipinski definition) is 4. The Bertz CT molecular complexity index is 817. The molecule has 0 spiro atoms. The van der Waals surface area contributed by atoms with Crippen LogP contribution in [0.25, 0.3) is 0 Å². The molecule has 2 aromatic rings. The van der Waals surface area contributed by atoms with Gasteiger partial charge in [-0.1, -0.05) is 0 Å². The van der Waals surface area contributed by atoms with Crippen molar-refractivity contribution < 1.29 is 62.2 Å². The fourth-order valence-corrected chi connectivity index (χ4v) is 2.65. The van der Waals surface area contributed by atoms with Crippen molar-refractivity contribution in [2.24, 2.45) is 0 Å². The molecule has 0 fully saturated rings. The van der Waals surface area contributed by atoms with E-state index in [0.717, 1.165) is 6.07 Å². The van der Waals surface area contributed by atoms with Crippen molar-refractivity contribution in [2.75, 3.05) is 0 Å². The van der Waals surface area contributed by atoms with Crippen LogP contribution in [-0.2, 0) is 32.7 Å². The molecule has 0 saturated carbocycles. The summed E-state index contributed by atoms with van der Waals surface area (Å²) in [4.78, 5) is 24.8. The number of phenolic OH excluding ortho intramolecular Hbond substituents is 3. The molecule has 109 valence electrons. The third-order valence-corrected chi connectivity index (χ3v) is 3.87. The van der Waals surface area contributed by atoms with Crippen molar-refractivity contribution in [1.29, 1.82) is 0 Å². The van der Waals surface area contributed by atoms with E-state index in [-0.39, 0.29) is 71.9 Å². The molecule has 2 aromatic carbocycles. The molecule has 0 heterocycles. The normalized spacial score (nSPS) is 12.4. The van der Waals surface area contributed by atoms with Crippen LogP contribution in [0.2, 0.25) is 0 Å². The Balaban J connectivity index is 0.00000176. The van der Waals surface area contributed by atoms with Gasteiger partial charge in [0.2, 0.25) is 5.78 Å². The Kier molecular flexibility index (Phi) is 4.63. The average Bonchev–Trinajstić information content (AvgIpc) is 2.47. The van der Waals surface area contributed by atoms with Gasteiger partial charge < -0.3 is 19.9 Å². The van der Waals surface area contributed by atoms with Gasteiger partial charge in [-0.25, -0.2) is 0 Å². The average molecular weight is 393 g/mol. The van der Waals surface area contributed by atoms with Crippen LogP contribution in [0, 0.1) is 0 Å². The van der Waals surface area contributed by atoms with Crippen LogP contribution in [0.1, 0.15) is 31.8 Å². The summed E-state index contributed by atoms with van der Waals surface area (Å²) in [6, 6.07) is 4.98. The van der Waals surface area contributed by atoms with Gasteiger partial charge in [0.05, 0.1) is 16.0 Å². The van der Waals surface area contributed by atoms with Crippen LogP contribution in [-0.4, -0.2) is 31.4 Å². The van der Waals surface area contributed by atoms with Gasteiger partial charge in [0, 0.05) is 55.9 Å². The predicted molar refractivity (Wildman–Crippen MR) is 73.2 cm³/mol. The Labute approximate surface area is 153 Å². The molecule has 1 aliphatic rings. The molecule has 0 aliphatic heterocycles. The molecule has 0 saturated heterocycles. The molecule has 0 bridgehead atoms. The van der Waals surface area contributed by atoms with E-state index in [9.17, 15) is 24.9 Å². The minimum Gasteiger partial charge on any atom is -0.506 e. The maximum Gasteiger partial charge on any atom is 0.202 e. The van der Waals surface area contributed by atoms with E-state index in [0.29, 0.717) is 0 Å². The molecule has 8 heteroatoms. The van der Waals surface area contributed by atoms with Crippen molar-refractivity contribution in [1.82, 2.24) is 0 Å². The van der Waals surface area contributed by atoms with Gasteiger partial charge in [-0.2, -0.15) is 0 Å². The molecule has 0 amide bonds. The van der Waals surface area contributed by atoms with Crippen LogP contribution in [0.15, 0.2) is 29.2 Å². The molecule has 22 heavy (non-hydrogen) atoms. The molecule has 1 radical (unpaired) electrons. The second kappa shape index (κ2) is 6.00. The van der Waals surface area contributed by atoms with Gasteiger partial charge in [0.15, 0.2) is 17.3 Å². The van der Waals surface area contributed by atoms with Gasteiger partial charge in [-0.3, -0.25) is 9.59 Å². The number of rotatable bonds is 1. The Morgan fingerprint density at radius 1 is 0.773 bits per heavy atom. The summed E-state index contributed by atoms with van der Waals surface area (Å²) in [5.41, 5.74) is -0.727. The van der Waals surface area contributed by atoms with E-state index in [1.165, 1.54) is 18.2 Å². The van der Waals surface area contributed by atoms with Gasteiger partial charge in [-0.05, 0) is 24.3 Å². The van der Waals surface area contributed by atoms with Gasteiger partial charge in [0.25, 0.3) is 0 Å². The molecular weight excluding hydrogens is 385 g/mol. The standard InChI is InChI=1S/C14H8O6S.Y/c15-7-3-1-5-9(12(7)17)14(19)10-6(11(5)16)2-4-8(21-20)13(10)18;/h1-4,15,17-18,20H;. The largest absolute Gasteiger partial charge is 0.506 e. The fourth-order valence-electron chi connectivity index (χ4n) is 2.33. The quantitative estimate of drug-likeness (QED) is 0.370. The minimum atomic E-state index is -0.790. The van der Waals surface area contributed by atoms with Gasteiger partial charge >= 0.3 is 0 Å². The first-order valence-electron chi connectivity index (χ1n) is 5.79. The number of fused-ring (bicyclic) bond motifs is 2. The van der Waals surface area contributed by atoms with Crippen LogP contribution in [0.3, 0.4) is 0 Å². The van der Waals surface area contributed by atoms with E-state index in [2.05, 4.69) is 0 Å². The van der Waals surface area contributed by atoms with Crippen molar-refractivity contribution in [2.45, 2.75) is 4.90 Å². The van der Waals surface area contributed by atoms with Crippen LogP contribution >= 0.6 is 12.0 Å². The summed E-state index contributed by atoms with van der Waals surface area (Å²) in [6.45, 7) is 0. The SMILES string of the molecule is O=C1c2ccc(O)c(O)c2C(=O)c2c1ccc(SO)c2O.[Y]. The topological polar surface area (TPSA) is 115 Å². The second-order valence-corrected chi connectivity index (χ2v) is 5.06. The summed E-state index contributed by atoms with van der Waals surface area (Å²) in [7, 11) is 0. The van der Waals surface area contributed by atoms with Gasteiger partial charge in [-0.15, -0.1) is 0 Å². The monoisotopic (exact) mass is 393 g/mol. The molecule has 1 aliphatic carbocycles. The molecule has 0 unspecified atom stereocenters. The number of ketones is 2. The predicted octanol–water partition coefficient (Wildman–Crippen LogP) is 2.14. The zero-order valence-corrected chi connectivity index (χ0v) is 14.6. The summed E-state index contributed by atoms with van der Waals surface area (Å²) in [5, 5.41) is 29.3. The van der Waals surface area contributed by atoms with Crippen molar-refractivity contribution in [3.8, 4) is 17.2 Å². The number of hydrogen-bond acceptors (Lipinski definition) is 7. The molecule has 0 atom stereocenters. The van der Waals surface area contributed by atoms with E-state index < -0.39 is 28.8 Å². The molecule has 4 N–H and O–H groups in total. The number of phenols is 3. The summed E-state index contributed by atoms with van der Waals surface area (Å²) in [6.07, 6.45) is 0. The Hall–Kier alpha value is -1.41. The number of carbonyl (C=O) groups is 2. The zero-order chi connectivity index (χ0) is 15.3. The van der Waals surface area contributed by atoms with E-state index in [1.807, 2.05) is 0 Å². The smallest absolute Gasteiger partial charge is 0.202 e. The number of carbonyl (C=O) groups excluding carboxylic acids is 2. The van der Waals surface area contributed by atoms with Crippen LogP contribution < -0.4 is 0 Å². The first-order chi connectivity index (χ1) is 9.97. The minimum absolute atomic E-state index is 0. The second-order valence-electron chi connectivity index (χ2n) is 4.44. The first kappa shape index (κ1) is 17.0. The maximum atomic E-state index is 12.4.